The molecule has 1 rings (SSSR count). The average Bonchev–Trinajstić information content (AvgIpc) is 2.63. The molecule has 0 spiro atoms. The van der Waals surface area contributed by atoms with Crippen LogP contribution in [-0.2, 0) is 16.0 Å². The zero-order chi connectivity index (χ0) is 18.9. The molecule has 25 heavy (non-hydrogen) atoms. The minimum Gasteiger partial charge on any atom is -0.396 e. The number of nitrogens with one attached hydrogen (secondary N) is 1. The van der Waals surface area contributed by atoms with Crippen molar-refractivity contribution in [2.75, 3.05) is 32.1 Å². The third kappa shape index (κ3) is 7.02. The van der Waals surface area contributed by atoms with E-state index in [1.54, 1.807) is 18.7 Å². The zero-order valence-electron chi connectivity index (χ0n) is 14.7. The van der Waals surface area contributed by atoms with Crippen LogP contribution in [0.5, 0.6) is 0 Å². The average molecular weight is 371 g/mol. The smallest absolute Gasteiger partial charge is 0.249 e. The molecule has 1 aromatic rings. The summed E-state index contributed by atoms with van der Waals surface area (Å²) in [5.74, 6) is -0.897. The Morgan fingerprint density at radius 3 is 2.44 bits per heavy atom. The van der Waals surface area contributed by atoms with Crippen molar-refractivity contribution in [2.24, 2.45) is 5.41 Å². The molecule has 1 aromatic carbocycles. The Balaban J connectivity index is 2.50. The van der Waals surface area contributed by atoms with Gasteiger partial charge in [0.25, 0.3) is 0 Å². The molecule has 0 radical (unpaired) electrons. The minimum atomic E-state index is -1.32. The highest BCUT2D eigenvalue weighted by molar-refractivity contribution is 6.27. The van der Waals surface area contributed by atoms with Gasteiger partial charge >= 0.3 is 0 Å². The first-order valence-electron chi connectivity index (χ1n) is 8.26. The first kappa shape index (κ1) is 21.4. The minimum absolute atomic E-state index is 0.122. The third-order valence-electron chi connectivity index (χ3n) is 4.06. The van der Waals surface area contributed by atoms with E-state index in [0.717, 1.165) is 5.56 Å². The van der Waals surface area contributed by atoms with Crippen LogP contribution in [0.15, 0.2) is 30.3 Å². The summed E-state index contributed by atoms with van der Waals surface area (Å²) in [4.78, 5) is 25.5. The largest absolute Gasteiger partial charge is 0.396 e. The van der Waals surface area contributed by atoms with Crippen molar-refractivity contribution in [2.45, 2.75) is 26.4 Å². The molecular formula is C18H27ClN2O4. The first-order chi connectivity index (χ1) is 11.8. The molecule has 0 aliphatic rings. The molecule has 0 saturated heterocycles. The quantitative estimate of drug-likeness (QED) is 0.531. The standard InChI is InChI=1S/C18H27ClN2O4/c1-18(2,13-22)16(24)17(25)20-9-11-21(15(23)12-19)10-8-14-6-4-3-5-7-14/h3-7,16,22,24H,8-13H2,1-2H3,(H,20,25). The van der Waals surface area contributed by atoms with E-state index in [0.29, 0.717) is 19.5 Å². The second kappa shape index (κ2) is 10.4. The highest BCUT2D eigenvalue weighted by atomic mass is 35.5. The molecule has 0 fully saturated rings. The maximum absolute atomic E-state index is 11.9. The monoisotopic (exact) mass is 370 g/mol. The highest BCUT2D eigenvalue weighted by Crippen LogP contribution is 2.19. The number of carbonyl (C=O) groups excluding carboxylic acids is 2. The lowest BCUT2D eigenvalue weighted by Crippen LogP contribution is -2.48. The number of benzene rings is 1. The number of hydrogen-bond acceptors (Lipinski definition) is 4. The molecule has 0 aliphatic heterocycles. The van der Waals surface area contributed by atoms with E-state index in [1.165, 1.54) is 0 Å². The summed E-state index contributed by atoms with van der Waals surface area (Å²) in [7, 11) is 0. The Kier molecular flexibility index (Phi) is 8.89. The van der Waals surface area contributed by atoms with Crippen molar-refractivity contribution >= 4 is 23.4 Å². The maximum Gasteiger partial charge on any atom is 0.249 e. The van der Waals surface area contributed by atoms with E-state index in [9.17, 15) is 19.8 Å². The van der Waals surface area contributed by atoms with Crippen LogP contribution in [0.3, 0.4) is 0 Å². The molecule has 140 valence electrons. The van der Waals surface area contributed by atoms with Crippen LogP contribution in [0.1, 0.15) is 19.4 Å². The fourth-order valence-corrected chi connectivity index (χ4v) is 2.38. The van der Waals surface area contributed by atoms with Crippen molar-refractivity contribution in [1.82, 2.24) is 10.2 Å². The van der Waals surface area contributed by atoms with Gasteiger partial charge in [-0.1, -0.05) is 44.2 Å². The van der Waals surface area contributed by atoms with E-state index >= 15 is 0 Å². The Morgan fingerprint density at radius 1 is 1.24 bits per heavy atom. The molecular weight excluding hydrogens is 344 g/mol. The predicted molar refractivity (Wildman–Crippen MR) is 97.3 cm³/mol. The van der Waals surface area contributed by atoms with Gasteiger partial charge in [0, 0.05) is 25.0 Å². The van der Waals surface area contributed by atoms with Gasteiger partial charge in [-0.2, -0.15) is 0 Å². The lowest BCUT2D eigenvalue weighted by atomic mass is 9.87. The number of hydrogen-bond donors (Lipinski definition) is 3. The van der Waals surface area contributed by atoms with Crippen LogP contribution in [0.4, 0.5) is 0 Å². The van der Waals surface area contributed by atoms with Gasteiger partial charge in [-0.05, 0) is 12.0 Å². The molecule has 3 N–H and O–H groups in total. The van der Waals surface area contributed by atoms with E-state index in [-0.39, 0.29) is 24.9 Å². The molecule has 0 heterocycles. The van der Waals surface area contributed by atoms with Gasteiger partial charge < -0.3 is 20.4 Å². The zero-order valence-corrected chi connectivity index (χ0v) is 15.5. The highest BCUT2D eigenvalue weighted by Gasteiger charge is 2.32. The second-order valence-electron chi connectivity index (χ2n) is 6.59. The molecule has 1 unspecified atom stereocenters. The fourth-order valence-electron chi connectivity index (χ4n) is 2.21. The number of alkyl halides is 1. The van der Waals surface area contributed by atoms with Gasteiger partial charge in [-0.15, -0.1) is 11.6 Å². The number of aliphatic hydroxyl groups is 2. The Morgan fingerprint density at radius 2 is 1.88 bits per heavy atom. The van der Waals surface area contributed by atoms with Crippen LogP contribution < -0.4 is 5.32 Å². The van der Waals surface area contributed by atoms with Gasteiger partial charge in [0.1, 0.15) is 12.0 Å². The van der Waals surface area contributed by atoms with E-state index in [4.69, 9.17) is 11.6 Å². The first-order valence-corrected chi connectivity index (χ1v) is 8.79. The summed E-state index contributed by atoms with van der Waals surface area (Å²) >= 11 is 5.65. The van der Waals surface area contributed by atoms with Gasteiger partial charge in [-0.25, -0.2) is 0 Å². The SMILES string of the molecule is CC(C)(CO)C(O)C(=O)NCCN(CCc1ccccc1)C(=O)CCl. The molecule has 0 aromatic heterocycles. The van der Waals surface area contributed by atoms with Crippen LogP contribution in [-0.4, -0.2) is 65.2 Å². The molecule has 0 saturated carbocycles. The number of carbonyl (C=O) groups is 2. The summed E-state index contributed by atoms with van der Waals surface area (Å²) in [5.41, 5.74) is 0.183. The van der Waals surface area contributed by atoms with Gasteiger partial charge in [0.2, 0.25) is 11.8 Å². The Labute approximate surface area is 153 Å². The second-order valence-corrected chi connectivity index (χ2v) is 6.86. The van der Waals surface area contributed by atoms with Crippen molar-refractivity contribution in [3.05, 3.63) is 35.9 Å². The van der Waals surface area contributed by atoms with Crippen LogP contribution in [0.25, 0.3) is 0 Å². The summed E-state index contributed by atoms with van der Waals surface area (Å²) in [6, 6.07) is 9.78. The number of halogens is 1. The number of amides is 2. The molecule has 2 amide bonds. The van der Waals surface area contributed by atoms with Gasteiger partial charge in [0.05, 0.1) is 6.61 Å². The Bertz CT molecular complexity index is 551. The normalized spacial score (nSPS) is 12.5. The molecule has 1 atom stereocenters. The maximum atomic E-state index is 11.9. The van der Waals surface area contributed by atoms with E-state index in [1.807, 2.05) is 30.3 Å². The third-order valence-corrected chi connectivity index (χ3v) is 4.29. The number of aliphatic hydroxyl groups excluding tert-OH is 2. The lowest BCUT2D eigenvalue weighted by Gasteiger charge is -2.28. The summed E-state index contributed by atoms with van der Waals surface area (Å²) in [6.07, 6.45) is -0.628. The number of rotatable bonds is 10. The summed E-state index contributed by atoms with van der Waals surface area (Å²) < 4.78 is 0. The van der Waals surface area contributed by atoms with Crippen LogP contribution in [0, 0.1) is 5.41 Å². The lowest BCUT2D eigenvalue weighted by molar-refractivity contribution is -0.137. The molecule has 0 aliphatic carbocycles. The summed E-state index contributed by atoms with van der Waals surface area (Å²) in [5, 5.41) is 21.7. The van der Waals surface area contributed by atoms with E-state index < -0.39 is 17.4 Å². The van der Waals surface area contributed by atoms with Crippen molar-refractivity contribution in [1.29, 1.82) is 0 Å². The van der Waals surface area contributed by atoms with E-state index in [2.05, 4.69) is 5.32 Å². The molecule has 7 heteroatoms. The number of nitrogens with zero attached hydrogens (tertiary/aromatic N) is 1. The molecule has 6 nitrogen and oxygen atoms in total. The van der Waals surface area contributed by atoms with Gasteiger partial charge in [0.15, 0.2) is 0 Å². The van der Waals surface area contributed by atoms with Gasteiger partial charge in [-0.3, -0.25) is 9.59 Å². The summed E-state index contributed by atoms with van der Waals surface area (Å²) in [6.45, 7) is 3.89. The fraction of sp³-hybridized carbons (Fsp3) is 0.556. The predicted octanol–water partition coefficient (Wildman–Crippen LogP) is 0.792. The van der Waals surface area contributed by atoms with Crippen LogP contribution in [0.2, 0.25) is 0 Å². The topological polar surface area (TPSA) is 89.9 Å². The molecule has 0 bridgehead atoms. The van der Waals surface area contributed by atoms with Crippen molar-refractivity contribution in [3.8, 4) is 0 Å². The van der Waals surface area contributed by atoms with Crippen LogP contribution >= 0.6 is 11.6 Å². The van der Waals surface area contributed by atoms with Crippen molar-refractivity contribution < 1.29 is 19.8 Å². The van der Waals surface area contributed by atoms with Crippen molar-refractivity contribution in [3.63, 3.8) is 0 Å². The Hall–Kier alpha value is -1.63.